The van der Waals surface area contributed by atoms with Crippen LogP contribution in [0.2, 0.25) is 0 Å². The minimum atomic E-state index is -1.09. The first-order chi connectivity index (χ1) is 10.2. The van der Waals surface area contributed by atoms with E-state index < -0.39 is 12.2 Å². The van der Waals surface area contributed by atoms with E-state index in [4.69, 9.17) is 0 Å². The van der Waals surface area contributed by atoms with E-state index in [9.17, 15) is 14.3 Å². The molecule has 1 aliphatic rings. The molecule has 0 radical (unpaired) electrons. The molecule has 3 rings (SSSR count). The number of likely N-dealkylation sites (tertiary alicyclic amines) is 1. The Balaban J connectivity index is 1.87. The van der Waals surface area contributed by atoms with Crippen LogP contribution in [0.5, 0.6) is 0 Å². The number of hydrogen-bond acceptors (Lipinski definition) is 4. The number of pyridine rings is 1. The third-order valence-corrected chi connectivity index (χ3v) is 3.60. The summed E-state index contributed by atoms with van der Waals surface area (Å²) in [5, 5.41) is 9.26. The Morgan fingerprint density at radius 2 is 2.33 bits per heavy atom. The molecule has 7 heteroatoms. The Hall–Kier alpha value is -2.28. The van der Waals surface area contributed by atoms with E-state index in [2.05, 4.69) is 9.97 Å². The Morgan fingerprint density at radius 3 is 3.05 bits per heavy atom. The summed E-state index contributed by atoms with van der Waals surface area (Å²) in [6, 6.07) is 2.90. The van der Waals surface area contributed by atoms with E-state index in [1.54, 1.807) is 35.4 Å². The fourth-order valence-electron chi connectivity index (χ4n) is 2.54. The number of aliphatic hydroxyl groups excluding tert-OH is 1. The highest BCUT2D eigenvalue weighted by Crippen LogP contribution is 2.22. The molecule has 6 nitrogen and oxygen atoms in total. The van der Waals surface area contributed by atoms with Crippen molar-refractivity contribution in [1.82, 2.24) is 19.4 Å². The van der Waals surface area contributed by atoms with Crippen molar-refractivity contribution in [2.75, 3.05) is 13.2 Å². The fraction of sp³-hybridized carbons (Fsp3) is 0.357. The number of aromatic nitrogens is 3. The van der Waals surface area contributed by atoms with Gasteiger partial charge in [-0.3, -0.25) is 9.78 Å². The number of imidazole rings is 1. The molecule has 1 amide bonds. The van der Waals surface area contributed by atoms with Crippen LogP contribution in [0.4, 0.5) is 4.39 Å². The van der Waals surface area contributed by atoms with E-state index in [1.807, 2.05) is 0 Å². The van der Waals surface area contributed by atoms with Crippen LogP contribution < -0.4 is 0 Å². The number of halogens is 1. The van der Waals surface area contributed by atoms with Crippen LogP contribution in [0.3, 0.4) is 0 Å². The van der Waals surface area contributed by atoms with E-state index in [-0.39, 0.29) is 31.2 Å². The molecule has 0 aromatic carbocycles. The number of carbonyl (C=O) groups excluding carboxylic acids is 1. The molecule has 1 saturated heterocycles. The Kier molecular flexibility index (Phi) is 3.66. The van der Waals surface area contributed by atoms with Gasteiger partial charge >= 0.3 is 0 Å². The molecule has 2 aromatic heterocycles. The van der Waals surface area contributed by atoms with Gasteiger partial charge in [0.25, 0.3) is 5.91 Å². The number of nitrogens with zero attached hydrogens (tertiary/aromatic N) is 4. The van der Waals surface area contributed by atoms with Gasteiger partial charge in [-0.2, -0.15) is 0 Å². The number of carbonyl (C=O) groups is 1. The van der Waals surface area contributed by atoms with Crippen molar-refractivity contribution in [1.29, 1.82) is 0 Å². The van der Waals surface area contributed by atoms with E-state index in [0.29, 0.717) is 0 Å². The van der Waals surface area contributed by atoms with E-state index >= 15 is 0 Å². The van der Waals surface area contributed by atoms with Gasteiger partial charge < -0.3 is 14.6 Å². The van der Waals surface area contributed by atoms with Crippen LogP contribution in [0.1, 0.15) is 16.9 Å². The number of amides is 1. The lowest BCUT2D eigenvalue weighted by molar-refractivity contribution is 0.0667. The van der Waals surface area contributed by atoms with Gasteiger partial charge in [0.15, 0.2) is 0 Å². The molecule has 0 aliphatic carbocycles. The van der Waals surface area contributed by atoms with Gasteiger partial charge in [-0.25, -0.2) is 9.37 Å². The first-order valence-corrected chi connectivity index (χ1v) is 6.69. The lowest BCUT2D eigenvalue weighted by Gasteiger charge is -2.22. The Labute approximate surface area is 120 Å². The third-order valence-electron chi connectivity index (χ3n) is 3.60. The molecule has 3 heterocycles. The van der Waals surface area contributed by atoms with Crippen LogP contribution in [0.15, 0.2) is 37.1 Å². The van der Waals surface area contributed by atoms with Crippen LogP contribution in [-0.4, -0.2) is 55.8 Å². The van der Waals surface area contributed by atoms with Crippen LogP contribution >= 0.6 is 0 Å². The summed E-state index contributed by atoms with van der Waals surface area (Å²) < 4.78 is 15.2. The zero-order valence-electron chi connectivity index (χ0n) is 11.3. The van der Waals surface area contributed by atoms with Crippen LogP contribution in [-0.2, 0) is 0 Å². The zero-order chi connectivity index (χ0) is 14.8. The highest BCUT2D eigenvalue weighted by Gasteiger charge is 2.35. The molecule has 2 atom stereocenters. The lowest BCUT2D eigenvalue weighted by atomic mass is 10.2. The third kappa shape index (κ3) is 2.64. The molecular formula is C14H15FN4O2. The van der Waals surface area contributed by atoms with Crippen molar-refractivity contribution in [2.24, 2.45) is 0 Å². The summed E-state index contributed by atoms with van der Waals surface area (Å²) >= 11 is 0. The maximum Gasteiger partial charge on any atom is 0.272 e. The van der Waals surface area contributed by atoms with Crippen molar-refractivity contribution in [3.8, 4) is 5.69 Å². The highest BCUT2D eigenvalue weighted by atomic mass is 19.1. The summed E-state index contributed by atoms with van der Waals surface area (Å²) in [6.07, 6.45) is 5.62. The Bertz CT molecular complexity index is 632. The summed E-state index contributed by atoms with van der Waals surface area (Å²) in [5.74, 6) is -0.365. The fourth-order valence-corrected chi connectivity index (χ4v) is 2.54. The molecule has 0 spiro atoms. The molecule has 1 N–H and O–H groups in total. The number of hydrogen-bond donors (Lipinski definition) is 1. The van der Waals surface area contributed by atoms with E-state index in [1.165, 1.54) is 11.1 Å². The van der Waals surface area contributed by atoms with Crippen LogP contribution in [0, 0.1) is 0 Å². The minimum absolute atomic E-state index is 0.00103. The monoisotopic (exact) mass is 290 g/mol. The maximum atomic E-state index is 13.5. The van der Waals surface area contributed by atoms with Crippen molar-refractivity contribution in [2.45, 2.75) is 18.6 Å². The van der Waals surface area contributed by atoms with Crippen LogP contribution in [0.25, 0.3) is 5.69 Å². The lowest BCUT2D eigenvalue weighted by Crippen LogP contribution is -2.38. The normalized spacial score (nSPS) is 21.7. The van der Waals surface area contributed by atoms with E-state index in [0.717, 1.165) is 5.69 Å². The predicted octanol–water partition coefficient (Wildman–Crippen LogP) is 0.812. The summed E-state index contributed by atoms with van der Waals surface area (Å²) in [6.45, 7) is -0.242. The van der Waals surface area contributed by atoms with Gasteiger partial charge in [0.05, 0.1) is 31.2 Å². The van der Waals surface area contributed by atoms with Gasteiger partial charge in [0.2, 0.25) is 0 Å². The van der Waals surface area contributed by atoms with Crippen molar-refractivity contribution < 1.29 is 14.3 Å². The molecule has 1 fully saturated rings. The number of rotatable bonds is 3. The molecule has 0 bridgehead atoms. The SMILES string of the molecule is O=C(c1cc(-n2ccnc2)ccn1)N1C[C@@H](F)C[C@H]1CO. The largest absolute Gasteiger partial charge is 0.394 e. The smallest absolute Gasteiger partial charge is 0.272 e. The molecule has 2 aromatic rings. The molecular weight excluding hydrogens is 275 g/mol. The second-order valence-electron chi connectivity index (χ2n) is 5.00. The topological polar surface area (TPSA) is 71.2 Å². The van der Waals surface area contributed by atoms with Gasteiger partial charge in [-0.05, 0) is 12.1 Å². The first-order valence-electron chi connectivity index (χ1n) is 6.69. The van der Waals surface area contributed by atoms with Gasteiger partial charge in [-0.1, -0.05) is 0 Å². The standard InChI is InChI=1S/C14H15FN4O2/c15-10-5-12(8-20)19(7-10)14(21)13-6-11(1-2-17-13)18-4-3-16-9-18/h1-4,6,9-10,12,20H,5,7-8H2/t10-,12-/m0/s1. The maximum absolute atomic E-state index is 13.5. The summed E-state index contributed by atoms with van der Waals surface area (Å²) in [5.41, 5.74) is 0.983. The van der Waals surface area contributed by atoms with Crippen molar-refractivity contribution in [3.63, 3.8) is 0 Å². The number of aliphatic hydroxyl groups is 1. The van der Waals surface area contributed by atoms with Crippen molar-refractivity contribution in [3.05, 3.63) is 42.7 Å². The average Bonchev–Trinajstić information content (AvgIpc) is 3.15. The highest BCUT2D eigenvalue weighted by molar-refractivity contribution is 5.93. The second-order valence-corrected chi connectivity index (χ2v) is 5.00. The first kappa shape index (κ1) is 13.7. The Morgan fingerprint density at radius 1 is 1.48 bits per heavy atom. The molecule has 110 valence electrons. The molecule has 0 saturated carbocycles. The van der Waals surface area contributed by atoms with Gasteiger partial charge in [0.1, 0.15) is 11.9 Å². The van der Waals surface area contributed by atoms with Gasteiger partial charge in [0, 0.05) is 25.0 Å². The van der Waals surface area contributed by atoms with Crippen molar-refractivity contribution >= 4 is 5.91 Å². The quantitative estimate of drug-likeness (QED) is 0.908. The zero-order valence-corrected chi connectivity index (χ0v) is 11.3. The molecule has 21 heavy (non-hydrogen) atoms. The number of alkyl halides is 1. The summed E-state index contributed by atoms with van der Waals surface area (Å²) in [4.78, 5) is 21.8. The van der Waals surface area contributed by atoms with Gasteiger partial charge in [-0.15, -0.1) is 0 Å². The summed E-state index contributed by atoms with van der Waals surface area (Å²) in [7, 11) is 0. The average molecular weight is 290 g/mol. The molecule has 0 unspecified atom stereocenters. The second kappa shape index (κ2) is 5.61. The minimum Gasteiger partial charge on any atom is -0.394 e. The molecule has 1 aliphatic heterocycles. The predicted molar refractivity (Wildman–Crippen MR) is 72.8 cm³/mol.